The number of amides is 1. The maximum Gasteiger partial charge on any atom is 0.257 e. The fourth-order valence-corrected chi connectivity index (χ4v) is 2.14. The van der Waals surface area contributed by atoms with E-state index in [1.807, 2.05) is 4.90 Å². The maximum absolute atomic E-state index is 12.9. The zero-order chi connectivity index (χ0) is 15.7. The van der Waals surface area contributed by atoms with Crippen LogP contribution in [0.3, 0.4) is 0 Å². The second-order valence-electron chi connectivity index (χ2n) is 4.96. The molecule has 1 aromatic carbocycles. The second-order valence-corrected chi connectivity index (χ2v) is 5.35. The van der Waals surface area contributed by atoms with Gasteiger partial charge in [0.15, 0.2) is 5.11 Å². The highest BCUT2D eigenvalue weighted by atomic mass is 32.1. The van der Waals surface area contributed by atoms with Crippen LogP contribution in [0.2, 0.25) is 0 Å². The third kappa shape index (κ3) is 6.21. The van der Waals surface area contributed by atoms with E-state index in [-0.39, 0.29) is 11.7 Å². The van der Waals surface area contributed by atoms with E-state index >= 15 is 0 Å². The van der Waals surface area contributed by atoms with Crippen molar-refractivity contribution in [3.8, 4) is 0 Å². The summed E-state index contributed by atoms with van der Waals surface area (Å²) in [6.45, 7) is 5.94. The molecule has 0 aliphatic carbocycles. The largest absolute Gasteiger partial charge is 0.349 e. The normalized spacial score (nSPS) is 10.2. The number of hydrogen-bond acceptors (Lipinski definition) is 2. The molecule has 0 bridgehead atoms. The van der Waals surface area contributed by atoms with Crippen molar-refractivity contribution >= 4 is 23.2 Å². The number of carbonyl (C=O) groups excluding carboxylic acids is 1. The van der Waals surface area contributed by atoms with E-state index in [4.69, 9.17) is 12.2 Å². The summed E-state index contributed by atoms with van der Waals surface area (Å²) >= 11 is 5.32. The number of hydrogen-bond donors (Lipinski definition) is 1. The maximum atomic E-state index is 12.9. The standard InChI is InChI=1S/C16H23FN2OS/c1-3-5-11-19(12-6-4-2)16(21)18-15(20)13-7-9-14(17)10-8-13/h7-10H,3-6,11-12H2,1-2H3,(H,18,20,21). The van der Waals surface area contributed by atoms with E-state index in [1.54, 1.807) is 0 Å². The summed E-state index contributed by atoms with van der Waals surface area (Å²) in [6, 6.07) is 5.44. The Kier molecular flexibility index (Phi) is 7.90. The number of carbonyl (C=O) groups is 1. The Morgan fingerprint density at radius 1 is 1.14 bits per heavy atom. The first-order chi connectivity index (χ1) is 10.1. The molecule has 1 N–H and O–H groups in total. The lowest BCUT2D eigenvalue weighted by molar-refractivity contribution is 0.0973. The molecule has 0 saturated heterocycles. The van der Waals surface area contributed by atoms with E-state index < -0.39 is 0 Å². The van der Waals surface area contributed by atoms with Gasteiger partial charge in [-0.25, -0.2) is 4.39 Å². The third-order valence-electron chi connectivity index (χ3n) is 3.18. The van der Waals surface area contributed by atoms with E-state index in [0.717, 1.165) is 38.8 Å². The molecule has 1 rings (SSSR count). The number of unbranched alkanes of at least 4 members (excludes halogenated alkanes) is 2. The summed E-state index contributed by atoms with van der Waals surface area (Å²) < 4.78 is 12.9. The van der Waals surface area contributed by atoms with Crippen LogP contribution in [0, 0.1) is 5.82 Å². The van der Waals surface area contributed by atoms with Crippen LogP contribution < -0.4 is 5.32 Å². The molecule has 0 atom stereocenters. The van der Waals surface area contributed by atoms with Crippen LogP contribution in [-0.2, 0) is 0 Å². The molecule has 0 saturated carbocycles. The Labute approximate surface area is 131 Å². The van der Waals surface area contributed by atoms with E-state index in [0.29, 0.717) is 10.7 Å². The molecule has 1 amide bonds. The number of nitrogens with one attached hydrogen (secondary N) is 1. The summed E-state index contributed by atoms with van der Waals surface area (Å²) in [5, 5.41) is 3.18. The first kappa shape index (κ1) is 17.6. The van der Waals surface area contributed by atoms with Crippen molar-refractivity contribution in [2.75, 3.05) is 13.1 Å². The van der Waals surface area contributed by atoms with Crippen LogP contribution in [0.4, 0.5) is 4.39 Å². The van der Waals surface area contributed by atoms with Crippen LogP contribution in [0.1, 0.15) is 49.9 Å². The van der Waals surface area contributed by atoms with Gasteiger partial charge in [0, 0.05) is 18.7 Å². The molecule has 21 heavy (non-hydrogen) atoms. The highest BCUT2D eigenvalue weighted by molar-refractivity contribution is 7.80. The Morgan fingerprint density at radius 2 is 1.67 bits per heavy atom. The van der Waals surface area contributed by atoms with E-state index in [9.17, 15) is 9.18 Å². The molecule has 0 aliphatic rings. The highest BCUT2D eigenvalue weighted by Gasteiger charge is 2.13. The average molecular weight is 310 g/mol. The molecule has 0 spiro atoms. The van der Waals surface area contributed by atoms with Crippen molar-refractivity contribution in [1.82, 2.24) is 10.2 Å². The Morgan fingerprint density at radius 3 is 2.14 bits per heavy atom. The predicted molar refractivity (Wildman–Crippen MR) is 87.9 cm³/mol. The van der Waals surface area contributed by atoms with Crippen LogP contribution >= 0.6 is 12.2 Å². The van der Waals surface area contributed by atoms with Crippen molar-refractivity contribution < 1.29 is 9.18 Å². The molecule has 116 valence electrons. The van der Waals surface area contributed by atoms with Gasteiger partial charge in [0.1, 0.15) is 5.82 Å². The van der Waals surface area contributed by atoms with Gasteiger partial charge >= 0.3 is 0 Å². The quantitative estimate of drug-likeness (QED) is 0.779. The number of thiocarbonyl (C=S) groups is 1. The Bertz CT molecular complexity index is 454. The summed E-state index contributed by atoms with van der Waals surface area (Å²) in [6.07, 6.45) is 4.24. The smallest absolute Gasteiger partial charge is 0.257 e. The first-order valence-electron chi connectivity index (χ1n) is 7.44. The number of benzene rings is 1. The van der Waals surface area contributed by atoms with Crippen LogP contribution in [0.5, 0.6) is 0 Å². The van der Waals surface area contributed by atoms with Gasteiger partial charge in [-0.3, -0.25) is 10.1 Å². The molecule has 0 radical (unpaired) electrons. The van der Waals surface area contributed by atoms with Gasteiger partial charge in [-0.2, -0.15) is 0 Å². The van der Waals surface area contributed by atoms with Gasteiger partial charge in [-0.1, -0.05) is 26.7 Å². The highest BCUT2D eigenvalue weighted by Crippen LogP contribution is 2.04. The molecule has 3 nitrogen and oxygen atoms in total. The molecule has 1 aromatic rings. The van der Waals surface area contributed by atoms with Gasteiger partial charge < -0.3 is 4.90 Å². The van der Waals surface area contributed by atoms with E-state index in [2.05, 4.69) is 19.2 Å². The van der Waals surface area contributed by atoms with Gasteiger partial charge in [-0.15, -0.1) is 0 Å². The summed E-state index contributed by atoms with van der Waals surface area (Å²) in [5.41, 5.74) is 0.407. The minimum Gasteiger partial charge on any atom is -0.349 e. The predicted octanol–water partition coefficient (Wildman–Crippen LogP) is 3.74. The van der Waals surface area contributed by atoms with Gasteiger partial charge in [0.2, 0.25) is 0 Å². The zero-order valence-electron chi connectivity index (χ0n) is 12.7. The van der Waals surface area contributed by atoms with Crippen molar-refractivity contribution in [2.45, 2.75) is 39.5 Å². The molecule has 0 unspecified atom stereocenters. The zero-order valence-corrected chi connectivity index (χ0v) is 13.5. The molecule has 0 heterocycles. The lowest BCUT2D eigenvalue weighted by atomic mass is 10.2. The molecular formula is C16H23FN2OS. The molecule has 5 heteroatoms. The fraction of sp³-hybridized carbons (Fsp3) is 0.500. The molecular weight excluding hydrogens is 287 g/mol. The van der Waals surface area contributed by atoms with Crippen molar-refractivity contribution in [1.29, 1.82) is 0 Å². The minimum absolute atomic E-state index is 0.294. The van der Waals surface area contributed by atoms with Gasteiger partial charge in [0.25, 0.3) is 5.91 Å². The second kappa shape index (κ2) is 9.45. The van der Waals surface area contributed by atoms with E-state index in [1.165, 1.54) is 24.3 Å². The van der Waals surface area contributed by atoms with Crippen molar-refractivity contribution in [3.05, 3.63) is 35.6 Å². The fourth-order valence-electron chi connectivity index (χ4n) is 1.86. The minimum atomic E-state index is -0.360. The van der Waals surface area contributed by atoms with Crippen molar-refractivity contribution in [3.63, 3.8) is 0 Å². The van der Waals surface area contributed by atoms with Gasteiger partial charge in [0.05, 0.1) is 0 Å². The lowest BCUT2D eigenvalue weighted by Gasteiger charge is -2.25. The van der Waals surface area contributed by atoms with Crippen molar-refractivity contribution in [2.24, 2.45) is 0 Å². The molecule has 0 aliphatic heterocycles. The first-order valence-corrected chi connectivity index (χ1v) is 7.85. The van der Waals surface area contributed by atoms with Gasteiger partial charge in [-0.05, 0) is 49.3 Å². The summed E-state index contributed by atoms with van der Waals surface area (Å²) in [7, 11) is 0. The summed E-state index contributed by atoms with van der Waals surface area (Å²) in [5.74, 6) is -0.653. The average Bonchev–Trinajstić information content (AvgIpc) is 2.47. The third-order valence-corrected chi connectivity index (χ3v) is 3.54. The summed E-state index contributed by atoms with van der Waals surface area (Å²) in [4.78, 5) is 14.1. The topological polar surface area (TPSA) is 32.3 Å². The van der Waals surface area contributed by atoms with Crippen LogP contribution in [-0.4, -0.2) is 29.0 Å². The Balaban J connectivity index is 2.61. The number of nitrogens with zero attached hydrogens (tertiary/aromatic N) is 1. The molecule has 0 aromatic heterocycles. The Hall–Kier alpha value is -1.49. The lowest BCUT2D eigenvalue weighted by Crippen LogP contribution is -2.43. The monoisotopic (exact) mass is 310 g/mol. The number of halogens is 1. The van der Waals surface area contributed by atoms with Crippen LogP contribution in [0.25, 0.3) is 0 Å². The number of rotatable bonds is 7. The molecule has 0 fully saturated rings. The SMILES string of the molecule is CCCCN(CCCC)C(=S)NC(=O)c1ccc(F)cc1. The van der Waals surface area contributed by atoms with Crippen LogP contribution in [0.15, 0.2) is 24.3 Å².